The van der Waals surface area contributed by atoms with E-state index in [1.807, 2.05) is 23.9 Å². The SMILES string of the molecule is COc1ccc([C@@]2(C(=O)N3CCSCC3)CC2(C)C)cc1. The number of carbonyl (C=O) groups is 1. The summed E-state index contributed by atoms with van der Waals surface area (Å²) in [6.45, 7) is 6.18. The highest BCUT2D eigenvalue weighted by atomic mass is 32.2. The summed E-state index contributed by atoms with van der Waals surface area (Å²) in [5.74, 6) is 3.28. The molecule has 4 heteroatoms. The Morgan fingerprint density at radius 3 is 2.24 bits per heavy atom. The number of hydrogen-bond donors (Lipinski definition) is 0. The van der Waals surface area contributed by atoms with Crippen LogP contribution in [0.15, 0.2) is 24.3 Å². The van der Waals surface area contributed by atoms with Gasteiger partial charge in [-0.3, -0.25) is 4.79 Å². The third-order valence-electron chi connectivity index (χ3n) is 4.98. The lowest BCUT2D eigenvalue weighted by Gasteiger charge is -2.32. The van der Waals surface area contributed by atoms with E-state index in [-0.39, 0.29) is 10.8 Å². The molecular formula is C17H23NO2S. The molecule has 3 rings (SSSR count). The molecule has 3 nitrogen and oxygen atoms in total. The Kier molecular flexibility index (Phi) is 3.68. The predicted molar refractivity (Wildman–Crippen MR) is 87.0 cm³/mol. The lowest BCUT2D eigenvalue weighted by Crippen LogP contribution is -2.45. The Balaban J connectivity index is 1.91. The van der Waals surface area contributed by atoms with Gasteiger partial charge in [-0.1, -0.05) is 26.0 Å². The zero-order chi connectivity index (χ0) is 15.1. The number of methoxy groups -OCH3 is 1. The summed E-state index contributed by atoms with van der Waals surface area (Å²) in [6, 6.07) is 8.05. The van der Waals surface area contributed by atoms with Crippen LogP contribution in [0.4, 0.5) is 0 Å². The molecule has 1 amide bonds. The van der Waals surface area contributed by atoms with Gasteiger partial charge in [-0.25, -0.2) is 0 Å². The molecule has 0 bridgehead atoms. The second kappa shape index (κ2) is 5.24. The van der Waals surface area contributed by atoms with E-state index in [1.165, 1.54) is 0 Å². The minimum absolute atomic E-state index is 0.0449. The number of thioether (sulfide) groups is 1. The second-order valence-corrected chi connectivity index (χ2v) is 7.82. The fourth-order valence-corrected chi connectivity index (χ4v) is 4.42. The predicted octanol–water partition coefficient (Wildman–Crippen LogP) is 2.94. The standard InChI is InChI=1S/C17H23NO2S/c1-16(2)12-17(16,13-4-6-14(20-3)7-5-13)15(19)18-8-10-21-11-9-18/h4-7H,8-12H2,1-3H3/t17-/m1/s1. The van der Waals surface area contributed by atoms with Crippen LogP contribution in [0.25, 0.3) is 0 Å². The molecule has 2 aliphatic rings. The molecule has 114 valence electrons. The van der Waals surface area contributed by atoms with Gasteiger partial charge in [-0.2, -0.15) is 11.8 Å². The van der Waals surface area contributed by atoms with Crippen LogP contribution in [-0.4, -0.2) is 42.5 Å². The molecule has 1 heterocycles. The van der Waals surface area contributed by atoms with E-state index < -0.39 is 0 Å². The molecule has 1 aliphatic heterocycles. The number of benzene rings is 1. The van der Waals surface area contributed by atoms with Crippen LogP contribution in [0.1, 0.15) is 25.8 Å². The normalized spacial score (nSPS) is 27.3. The first kappa shape index (κ1) is 14.8. The maximum absolute atomic E-state index is 13.1. The molecule has 1 aromatic rings. The van der Waals surface area contributed by atoms with Crippen molar-refractivity contribution in [2.45, 2.75) is 25.7 Å². The fourth-order valence-electron chi connectivity index (χ4n) is 3.51. The Hall–Kier alpha value is -1.16. The summed E-state index contributed by atoms with van der Waals surface area (Å²) in [7, 11) is 1.67. The average molecular weight is 305 g/mol. The van der Waals surface area contributed by atoms with Gasteiger partial charge in [0.1, 0.15) is 5.75 Å². The third-order valence-corrected chi connectivity index (χ3v) is 5.93. The molecule has 1 aliphatic carbocycles. The summed E-state index contributed by atoms with van der Waals surface area (Å²) in [5.41, 5.74) is 0.849. The van der Waals surface area contributed by atoms with Gasteiger partial charge in [0.25, 0.3) is 0 Å². The highest BCUT2D eigenvalue weighted by molar-refractivity contribution is 7.99. The van der Waals surface area contributed by atoms with E-state index in [0.717, 1.165) is 42.3 Å². The Bertz CT molecular complexity index is 534. The summed E-state index contributed by atoms with van der Waals surface area (Å²) in [4.78, 5) is 15.2. The molecule has 1 aromatic carbocycles. The zero-order valence-electron chi connectivity index (χ0n) is 13.0. The Morgan fingerprint density at radius 1 is 1.19 bits per heavy atom. The van der Waals surface area contributed by atoms with Crippen LogP contribution in [0.5, 0.6) is 5.75 Å². The summed E-state index contributed by atoms with van der Waals surface area (Å²) >= 11 is 1.94. The molecule has 2 fully saturated rings. The molecule has 0 aromatic heterocycles. The largest absolute Gasteiger partial charge is 0.497 e. The number of rotatable bonds is 3. The monoisotopic (exact) mass is 305 g/mol. The number of nitrogens with zero attached hydrogens (tertiary/aromatic N) is 1. The number of carbonyl (C=O) groups excluding carboxylic acids is 1. The Morgan fingerprint density at radius 2 is 1.76 bits per heavy atom. The van der Waals surface area contributed by atoms with Crippen LogP contribution in [0.3, 0.4) is 0 Å². The number of hydrogen-bond acceptors (Lipinski definition) is 3. The first-order chi connectivity index (χ1) is 10.0. The lowest BCUT2D eigenvalue weighted by atomic mass is 9.86. The molecule has 0 N–H and O–H groups in total. The van der Waals surface area contributed by atoms with Gasteiger partial charge in [0.15, 0.2) is 0 Å². The maximum Gasteiger partial charge on any atom is 0.233 e. The van der Waals surface area contributed by atoms with Gasteiger partial charge in [-0.15, -0.1) is 0 Å². The molecule has 0 spiro atoms. The molecule has 0 unspecified atom stereocenters. The van der Waals surface area contributed by atoms with Crippen LogP contribution in [0, 0.1) is 5.41 Å². The van der Waals surface area contributed by atoms with Gasteiger partial charge in [-0.05, 0) is 29.5 Å². The van der Waals surface area contributed by atoms with E-state index >= 15 is 0 Å². The molecular weight excluding hydrogens is 282 g/mol. The van der Waals surface area contributed by atoms with Gasteiger partial charge < -0.3 is 9.64 Å². The first-order valence-electron chi connectivity index (χ1n) is 7.53. The summed E-state index contributed by atoms with van der Waals surface area (Å²) < 4.78 is 5.23. The fraction of sp³-hybridized carbons (Fsp3) is 0.588. The van der Waals surface area contributed by atoms with Gasteiger partial charge in [0.2, 0.25) is 5.91 Å². The topological polar surface area (TPSA) is 29.5 Å². The van der Waals surface area contributed by atoms with Crippen molar-refractivity contribution in [3.8, 4) is 5.75 Å². The van der Waals surface area contributed by atoms with Crippen molar-refractivity contribution < 1.29 is 9.53 Å². The highest BCUT2D eigenvalue weighted by Crippen LogP contribution is 2.65. The zero-order valence-corrected chi connectivity index (χ0v) is 13.8. The minimum Gasteiger partial charge on any atom is -0.497 e. The third kappa shape index (κ3) is 2.33. The smallest absolute Gasteiger partial charge is 0.233 e. The quantitative estimate of drug-likeness (QED) is 0.860. The lowest BCUT2D eigenvalue weighted by molar-refractivity contribution is -0.134. The van der Waals surface area contributed by atoms with Crippen molar-refractivity contribution >= 4 is 17.7 Å². The highest BCUT2D eigenvalue weighted by Gasteiger charge is 2.67. The van der Waals surface area contributed by atoms with Crippen molar-refractivity contribution in [1.29, 1.82) is 0 Å². The number of ether oxygens (including phenoxy) is 1. The minimum atomic E-state index is -0.332. The van der Waals surface area contributed by atoms with E-state index in [1.54, 1.807) is 7.11 Å². The van der Waals surface area contributed by atoms with Gasteiger partial charge in [0.05, 0.1) is 12.5 Å². The molecule has 1 saturated carbocycles. The molecule has 1 atom stereocenters. The molecule has 1 saturated heterocycles. The summed E-state index contributed by atoms with van der Waals surface area (Å²) in [5, 5.41) is 0. The molecule has 21 heavy (non-hydrogen) atoms. The van der Waals surface area contributed by atoms with Crippen LogP contribution < -0.4 is 4.74 Å². The van der Waals surface area contributed by atoms with E-state index in [4.69, 9.17) is 4.74 Å². The van der Waals surface area contributed by atoms with Crippen LogP contribution in [0.2, 0.25) is 0 Å². The van der Waals surface area contributed by atoms with Crippen LogP contribution >= 0.6 is 11.8 Å². The van der Waals surface area contributed by atoms with E-state index in [9.17, 15) is 4.79 Å². The van der Waals surface area contributed by atoms with Crippen LogP contribution in [-0.2, 0) is 10.2 Å². The van der Waals surface area contributed by atoms with Crippen molar-refractivity contribution in [1.82, 2.24) is 4.90 Å². The molecule has 0 radical (unpaired) electrons. The summed E-state index contributed by atoms with van der Waals surface area (Å²) in [6.07, 6.45) is 0.939. The second-order valence-electron chi connectivity index (χ2n) is 6.60. The van der Waals surface area contributed by atoms with Crippen molar-refractivity contribution in [3.63, 3.8) is 0 Å². The number of amides is 1. The van der Waals surface area contributed by atoms with E-state index in [2.05, 4.69) is 30.9 Å². The Labute approximate surface area is 131 Å². The van der Waals surface area contributed by atoms with Crippen molar-refractivity contribution in [2.75, 3.05) is 31.7 Å². The average Bonchev–Trinajstić information content (AvgIpc) is 3.11. The maximum atomic E-state index is 13.1. The first-order valence-corrected chi connectivity index (χ1v) is 8.68. The van der Waals surface area contributed by atoms with Gasteiger partial charge in [0, 0.05) is 24.6 Å². The van der Waals surface area contributed by atoms with E-state index in [0.29, 0.717) is 5.91 Å². The van der Waals surface area contributed by atoms with Gasteiger partial charge >= 0.3 is 0 Å². The van der Waals surface area contributed by atoms with Crippen molar-refractivity contribution in [3.05, 3.63) is 29.8 Å². The van der Waals surface area contributed by atoms with Crippen molar-refractivity contribution in [2.24, 2.45) is 5.41 Å².